The lowest BCUT2D eigenvalue weighted by Crippen LogP contribution is -2.59. The van der Waals surface area contributed by atoms with E-state index in [-0.39, 0.29) is 0 Å². The zero-order valence-electron chi connectivity index (χ0n) is 16.3. The van der Waals surface area contributed by atoms with Crippen molar-refractivity contribution in [2.24, 2.45) is 17.8 Å². The third-order valence-electron chi connectivity index (χ3n) is 6.75. The van der Waals surface area contributed by atoms with Gasteiger partial charge < -0.3 is 9.38 Å². The molecule has 1 aromatic rings. The number of likely N-dealkylation sites (N-methyl/N-ethyl adjacent to an activating group) is 1. The maximum atomic E-state index is 2.58. The van der Waals surface area contributed by atoms with Gasteiger partial charge in [0.2, 0.25) is 0 Å². The minimum absolute atomic E-state index is 0.883. The van der Waals surface area contributed by atoms with Crippen LogP contribution < -0.4 is 4.90 Å². The highest BCUT2D eigenvalue weighted by Crippen LogP contribution is 2.34. The molecule has 0 spiro atoms. The van der Waals surface area contributed by atoms with Crippen molar-refractivity contribution >= 4 is 5.69 Å². The van der Waals surface area contributed by atoms with E-state index in [9.17, 15) is 0 Å². The predicted octanol–water partition coefficient (Wildman–Crippen LogP) is 4.72. The molecule has 0 unspecified atom stereocenters. The average molecular weight is 330 g/mol. The van der Waals surface area contributed by atoms with Gasteiger partial charge in [-0.25, -0.2) is 0 Å². The molecule has 134 valence electrons. The summed E-state index contributed by atoms with van der Waals surface area (Å²) in [5, 5.41) is 0. The molecule has 1 heterocycles. The lowest BCUT2D eigenvalue weighted by Gasteiger charge is -2.45. The lowest BCUT2D eigenvalue weighted by molar-refractivity contribution is -0.913. The van der Waals surface area contributed by atoms with Crippen molar-refractivity contribution in [1.29, 1.82) is 0 Å². The molecule has 0 amide bonds. The van der Waals surface area contributed by atoms with Crippen LogP contribution in [0.5, 0.6) is 0 Å². The Morgan fingerprint density at radius 3 is 2.12 bits per heavy atom. The second kappa shape index (κ2) is 7.47. The van der Waals surface area contributed by atoms with E-state index >= 15 is 0 Å². The first kappa shape index (κ1) is 17.8. The molecule has 0 radical (unpaired) electrons. The van der Waals surface area contributed by atoms with Crippen LogP contribution in [0, 0.1) is 24.7 Å². The molecule has 1 saturated carbocycles. The van der Waals surface area contributed by atoms with Gasteiger partial charge in [0.15, 0.2) is 0 Å². The maximum absolute atomic E-state index is 2.58. The molecule has 0 aromatic heterocycles. The highest BCUT2D eigenvalue weighted by atomic mass is 15.4. The van der Waals surface area contributed by atoms with Gasteiger partial charge in [0.05, 0.1) is 39.8 Å². The smallest absolute Gasteiger partial charge is 0.0963 e. The van der Waals surface area contributed by atoms with E-state index in [0.717, 1.165) is 17.8 Å². The highest BCUT2D eigenvalue weighted by molar-refractivity contribution is 5.47. The molecule has 0 atom stereocenters. The number of benzene rings is 1. The van der Waals surface area contributed by atoms with Crippen molar-refractivity contribution in [3.63, 3.8) is 0 Å². The normalized spacial score (nSPS) is 27.5. The van der Waals surface area contributed by atoms with Gasteiger partial charge in [0, 0.05) is 11.6 Å². The molecule has 1 aliphatic heterocycles. The molecule has 0 bridgehead atoms. The van der Waals surface area contributed by atoms with E-state index < -0.39 is 0 Å². The van der Waals surface area contributed by atoms with E-state index in [1.165, 1.54) is 74.1 Å². The molecule has 1 saturated heterocycles. The zero-order chi connectivity index (χ0) is 17.2. The van der Waals surface area contributed by atoms with Crippen LogP contribution in [-0.4, -0.2) is 44.3 Å². The van der Waals surface area contributed by atoms with Gasteiger partial charge in [-0.3, -0.25) is 0 Å². The van der Waals surface area contributed by atoms with E-state index in [1.54, 1.807) is 0 Å². The van der Waals surface area contributed by atoms with E-state index in [2.05, 4.69) is 57.0 Å². The minimum Gasteiger partial charge on any atom is -0.360 e. The van der Waals surface area contributed by atoms with Crippen LogP contribution in [-0.2, 0) is 0 Å². The molecular formula is C22H37N2+. The molecular weight excluding hydrogens is 292 g/mol. The Hall–Kier alpha value is -1.02. The third kappa shape index (κ3) is 4.33. The van der Waals surface area contributed by atoms with Crippen LogP contribution in [0.1, 0.15) is 45.1 Å². The van der Waals surface area contributed by atoms with Crippen molar-refractivity contribution in [2.75, 3.05) is 44.7 Å². The summed E-state index contributed by atoms with van der Waals surface area (Å²) in [6.45, 7) is 13.4. The first-order valence-corrected chi connectivity index (χ1v) is 10.1. The Labute approximate surface area is 149 Å². The number of hydrogen-bond acceptors (Lipinski definition) is 1. The number of nitrogens with zero attached hydrogens (tertiary/aromatic N) is 2. The quantitative estimate of drug-likeness (QED) is 0.722. The lowest BCUT2D eigenvalue weighted by atomic mass is 9.76. The monoisotopic (exact) mass is 329 g/mol. The molecule has 2 aliphatic rings. The summed E-state index contributed by atoms with van der Waals surface area (Å²) in [5.74, 6) is 2.84. The first-order valence-electron chi connectivity index (χ1n) is 10.1. The Morgan fingerprint density at radius 2 is 1.58 bits per heavy atom. The van der Waals surface area contributed by atoms with Crippen LogP contribution in [0.25, 0.3) is 0 Å². The van der Waals surface area contributed by atoms with Gasteiger partial charge in [0.25, 0.3) is 0 Å². The SMILES string of the molecule is Cc1ccc(N2CC[N+](C)(CC3CCC(C(C)C)CC3)CC2)cc1. The summed E-state index contributed by atoms with van der Waals surface area (Å²) < 4.78 is 1.29. The van der Waals surface area contributed by atoms with Crippen molar-refractivity contribution in [3.8, 4) is 0 Å². The van der Waals surface area contributed by atoms with E-state index in [0.29, 0.717) is 0 Å². The Bertz CT molecular complexity index is 503. The van der Waals surface area contributed by atoms with Crippen molar-refractivity contribution in [2.45, 2.75) is 46.5 Å². The summed E-state index contributed by atoms with van der Waals surface area (Å²) in [4.78, 5) is 2.58. The number of hydrogen-bond donors (Lipinski definition) is 0. The molecule has 2 fully saturated rings. The standard InChI is InChI=1S/C22H37N2/c1-18(2)21-9-7-20(8-10-21)17-24(4)15-13-23(14-16-24)22-11-5-19(3)6-12-22/h5-6,11-12,18,20-21H,7-10,13-17H2,1-4H3/q+1. The maximum Gasteiger partial charge on any atom is 0.0963 e. The molecule has 1 aliphatic carbocycles. The van der Waals surface area contributed by atoms with Crippen molar-refractivity contribution in [3.05, 3.63) is 29.8 Å². The van der Waals surface area contributed by atoms with Gasteiger partial charge in [-0.15, -0.1) is 0 Å². The van der Waals surface area contributed by atoms with Gasteiger partial charge >= 0.3 is 0 Å². The van der Waals surface area contributed by atoms with Crippen LogP contribution >= 0.6 is 0 Å². The first-order chi connectivity index (χ1) is 11.5. The van der Waals surface area contributed by atoms with Crippen LogP contribution in [0.3, 0.4) is 0 Å². The number of aryl methyl sites for hydroxylation is 1. The molecule has 3 rings (SSSR count). The van der Waals surface area contributed by atoms with Crippen LogP contribution in [0.4, 0.5) is 5.69 Å². The fraction of sp³-hybridized carbons (Fsp3) is 0.727. The zero-order valence-corrected chi connectivity index (χ0v) is 16.3. The Balaban J connectivity index is 1.49. The summed E-state index contributed by atoms with van der Waals surface area (Å²) in [6.07, 6.45) is 5.88. The summed E-state index contributed by atoms with van der Waals surface area (Å²) in [6, 6.07) is 9.06. The van der Waals surface area contributed by atoms with Gasteiger partial charge in [-0.05, 0) is 56.6 Å². The fourth-order valence-corrected chi connectivity index (χ4v) is 4.81. The molecule has 2 heteroatoms. The second-order valence-corrected chi connectivity index (χ2v) is 9.10. The van der Waals surface area contributed by atoms with Crippen LogP contribution in [0.2, 0.25) is 0 Å². The number of piperazine rings is 1. The van der Waals surface area contributed by atoms with Crippen molar-refractivity contribution in [1.82, 2.24) is 0 Å². The largest absolute Gasteiger partial charge is 0.360 e. The molecule has 2 nitrogen and oxygen atoms in total. The van der Waals surface area contributed by atoms with E-state index in [1.807, 2.05) is 0 Å². The molecule has 0 N–H and O–H groups in total. The summed E-state index contributed by atoms with van der Waals surface area (Å²) >= 11 is 0. The van der Waals surface area contributed by atoms with Gasteiger partial charge in [0.1, 0.15) is 0 Å². The second-order valence-electron chi connectivity index (χ2n) is 9.10. The molecule has 24 heavy (non-hydrogen) atoms. The Morgan fingerprint density at radius 1 is 1.00 bits per heavy atom. The summed E-state index contributed by atoms with van der Waals surface area (Å²) in [7, 11) is 2.50. The highest BCUT2D eigenvalue weighted by Gasteiger charge is 2.33. The number of anilines is 1. The number of quaternary nitrogens is 1. The predicted molar refractivity (Wildman–Crippen MR) is 104 cm³/mol. The number of rotatable bonds is 4. The minimum atomic E-state index is 0.883. The van der Waals surface area contributed by atoms with Gasteiger partial charge in [-0.2, -0.15) is 0 Å². The van der Waals surface area contributed by atoms with Gasteiger partial charge in [-0.1, -0.05) is 31.5 Å². The van der Waals surface area contributed by atoms with Crippen LogP contribution in [0.15, 0.2) is 24.3 Å². The molecule has 1 aromatic carbocycles. The Kier molecular flexibility index (Phi) is 5.54. The van der Waals surface area contributed by atoms with E-state index in [4.69, 9.17) is 0 Å². The average Bonchev–Trinajstić information content (AvgIpc) is 2.57. The topological polar surface area (TPSA) is 3.24 Å². The van der Waals surface area contributed by atoms with Crippen molar-refractivity contribution < 1.29 is 4.48 Å². The summed E-state index contributed by atoms with van der Waals surface area (Å²) in [5.41, 5.74) is 2.76. The fourth-order valence-electron chi connectivity index (χ4n) is 4.81. The third-order valence-corrected chi connectivity index (χ3v) is 6.75.